The first-order valence-electron chi connectivity index (χ1n) is 9.78. The summed E-state index contributed by atoms with van der Waals surface area (Å²) < 4.78 is 45.5. The van der Waals surface area contributed by atoms with Gasteiger partial charge < -0.3 is 9.64 Å². The van der Waals surface area contributed by atoms with Crippen LogP contribution in [0.3, 0.4) is 0 Å². The molecule has 0 saturated carbocycles. The number of halogens is 1. The fourth-order valence-corrected chi connectivity index (χ4v) is 5.23. The lowest BCUT2D eigenvalue weighted by atomic mass is 10.1. The van der Waals surface area contributed by atoms with Crippen molar-refractivity contribution in [2.24, 2.45) is 0 Å². The van der Waals surface area contributed by atoms with E-state index in [0.717, 1.165) is 5.69 Å². The molecule has 0 bridgehead atoms. The third kappa shape index (κ3) is 5.44. The van der Waals surface area contributed by atoms with E-state index in [1.807, 2.05) is 32.6 Å². The molecule has 1 fully saturated rings. The van der Waals surface area contributed by atoms with Gasteiger partial charge in [-0.25, -0.2) is 22.8 Å². The number of hydrogen-bond donors (Lipinski definition) is 0. The number of ether oxygens (including phenoxy) is 1. The first kappa shape index (κ1) is 21.5. The summed E-state index contributed by atoms with van der Waals surface area (Å²) in [6.07, 6.45) is 2.58. The van der Waals surface area contributed by atoms with Gasteiger partial charge in [-0.1, -0.05) is 18.2 Å². The second kappa shape index (κ2) is 8.26. The molecule has 0 atom stereocenters. The Kier molecular flexibility index (Phi) is 6.12. The summed E-state index contributed by atoms with van der Waals surface area (Å²) in [5.74, 6) is 0.348. The highest BCUT2D eigenvalue weighted by Crippen LogP contribution is 2.31. The standard InChI is InChI=1S/C21H28FN3O3S/c1-15-13-23-20(28-21(2,3)4)19(24-15)25-11-9-17(10-12-25)29(26,27)14-16-7-5-6-8-18(16)22/h5-8,13,17H,9-12,14H2,1-4H3. The van der Waals surface area contributed by atoms with Gasteiger partial charge in [0.25, 0.3) is 5.88 Å². The molecule has 1 aromatic heterocycles. The van der Waals surface area contributed by atoms with Gasteiger partial charge in [-0.2, -0.15) is 0 Å². The molecule has 0 unspecified atom stereocenters. The van der Waals surface area contributed by atoms with Gasteiger partial charge in [0.15, 0.2) is 15.7 Å². The Labute approximate surface area is 172 Å². The van der Waals surface area contributed by atoms with E-state index in [1.165, 1.54) is 12.1 Å². The number of sulfone groups is 1. The molecule has 0 radical (unpaired) electrons. The number of benzene rings is 1. The fourth-order valence-electron chi connectivity index (χ4n) is 3.40. The summed E-state index contributed by atoms with van der Waals surface area (Å²) in [7, 11) is -3.45. The van der Waals surface area contributed by atoms with E-state index in [1.54, 1.807) is 18.3 Å². The molecule has 0 spiro atoms. The Balaban J connectivity index is 1.72. The summed E-state index contributed by atoms with van der Waals surface area (Å²) in [6, 6.07) is 6.04. The van der Waals surface area contributed by atoms with Crippen LogP contribution in [0.15, 0.2) is 30.5 Å². The summed E-state index contributed by atoms with van der Waals surface area (Å²) >= 11 is 0. The minimum absolute atomic E-state index is 0.223. The van der Waals surface area contributed by atoms with Crippen LogP contribution >= 0.6 is 0 Å². The Morgan fingerprint density at radius 3 is 2.48 bits per heavy atom. The van der Waals surface area contributed by atoms with Crippen LogP contribution in [0.5, 0.6) is 5.88 Å². The molecule has 1 saturated heterocycles. The molecule has 2 heterocycles. The van der Waals surface area contributed by atoms with Crippen molar-refractivity contribution >= 4 is 15.7 Å². The van der Waals surface area contributed by atoms with Crippen molar-refractivity contribution in [2.75, 3.05) is 18.0 Å². The van der Waals surface area contributed by atoms with Crippen molar-refractivity contribution in [1.82, 2.24) is 9.97 Å². The molecule has 2 aromatic rings. The van der Waals surface area contributed by atoms with Crippen LogP contribution in [0.1, 0.15) is 44.9 Å². The van der Waals surface area contributed by atoms with Crippen molar-refractivity contribution in [2.45, 2.75) is 57.1 Å². The maximum Gasteiger partial charge on any atom is 0.258 e. The third-order valence-corrected chi connectivity index (χ3v) is 7.01. The van der Waals surface area contributed by atoms with Crippen molar-refractivity contribution in [3.63, 3.8) is 0 Å². The van der Waals surface area contributed by atoms with Gasteiger partial charge in [-0.05, 0) is 46.6 Å². The van der Waals surface area contributed by atoms with Crippen molar-refractivity contribution < 1.29 is 17.5 Å². The lowest BCUT2D eigenvalue weighted by molar-refractivity contribution is 0.124. The van der Waals surface area contributed by atoms with Gasteiger partial charge >= 0.3 is 0 Å². The number of nitrogens with zero attached hydrogens (tertiary/aromatic N) is 3. The van der Waals surface area contributed by atoms with Crippen LogP contribution in [-0.4, -0.2) is 42.3 Å². The zero-order valence-corrected chi connectivity index (χ0v) is 18.2. The normalized spacial score (nSPS) is 16.1. The SMILES string of the molecule is Cc1cnc(OC(C)(C)C)c(N2CCC(S(=O)(=O)Cc3ccccc3F)CC2)n1. The van der Waals surface area contributed by atoms with Gasteiger partial charge in [0, 0.05) is 18.7 Å². The van der Waals surface area contributed by atoms with E-state index in [0.29, 0.717) is 37.6 Å². The molecular formula is C21H28FN3O3S. The molecular weight excluding hydrogens is 393 g/mol. The highest BCUT2D eigenvalue weighted by molar-refractivity contribution is 7.91. The smallest absolute Gasteiger partial charge is 0.258 e. The quantitative estimate of drug-likeness (QED) is 0.733. The molecule has 1 aromatic carbocycles. The van der Waals surface area contributed by atoms with Crippen LogP contribution < -0.4 is 9.64 Å². The second-order valence-corrected chi connectivity index (χ2v) is 10.7. The van der Waals surface area contributed by atoms with Gasteiger partial charge in [0.05, 0.1) is 22.9 Å². The zero-order valence-electron chi connectivity index (χ0n) is 17.4. The minimum atomic E-state index is -3.45. The first-order valence-corrected chi connectivity index (χ1v) is 11.5. The van der Waals surface area contributed by atoms with Crippen LogP contribution in [0.2, 0.25) is 0 Å². The molecule has 3 rings (SSSR count). The van der Waals surface area contributed by atoms with Crippen LogP contribution in [0, 0.1) is 12.7 Å². The Morgan fingerprint density at radius 1 is 1.21 bits per heavy atom. The predicted octanol–water partition coefficient (Wildman–Crippen LogP) is 3.69. The molecule has 1 aliphatic heterocycles. The molecule has 158 valence electrons. The van der Waals surface area contributed by atoms with Crippen LogP contribution in [0.4, 0.5) is 10.2 Å². The minimum Gasteiger partial charge on any atom is -0.469 e. The van der Waals surface area contributed by atoms with Crippen molar-refractivity contribution in [1.29, 1.82) is 0 Å². The number of aromatic nitrogens is 2. The molecule has 29 heavy (non-hydrogen) atoms. The van der Waals surface area contributed by atoms with E-state index in [2.05, 4.69) is 9.97 Å². The number of piperidine rings is 1. The average Bonchev–Trinajstić information content (AvgIpc) is 2.64. The zero-order chi connectivity index (χ0) is 21.2. The maximum atomic E-state index is 13.9. The molecule has 0 aliphatic carbocycles. The molecule has 0 N–H and O–H groups in total. The van der Waals surface area contributed by atoms with Gasteiger partial charge in [0.1, 0.15) is 11.4 Å². The van der Waals surface area contributed by atoms with Crippen molar-refractivity contribution in [3.05, 3.63) is 47.5 Å². The second-order valence-electron chi connectivity index (χ2n) is 8.44. The Bertz CT molecular complexity index is 965. The van der Waals surface area contributed by atoms with E-state index in [-0.39, 0.29) is 11.3 Å². The van der Waals surface area contributed by atoms with E-state index in [4.69, 9.17) is 4.74 Å². The molecule has 6 nitrogen and oxygen atoms in total. The molecule has 1 aliphatic rings. The number of hydrogen-bond acceptors (Lipinski definition) is 6. The van der Waals surface area contributed by atoms with E-state index in [9.17, 15) is 12.8 Å². The van der Waals surface area contributed by atoms with Crippen LogP contribution in [0.25, 0.3) is 0 Å². The number of aryl methyl sites for hydroxylation is 1. The largest absolute Gasteiger partial charge is 0.469 e. The van der Waals surface area contributed by atoms with E-state index < -0.39 is 26.5 Å². The number of rotatable bonds is 5. The summed E-state index contributed by atoms with van der Waals surface area (Å²) in [5.41, 5.74) is 0.580. The fraction of sp³-hybridized carbons (Fsp3) is 0.524. The van der Waals surface area contributed by atoms with Crippen LogP contribution in [-0.2, 0) is 15.6 Å². The first-order chi connectivity index (χ1) is 13.5. The van der Waals surface area contributed by atoms with Gasteiger partial charge in [-0.15, -0.1) is 0 Å². The maximum absolute atomic E-state index is 13.9. The topological polar surface area (TPSA) is 72.4 Å². The van der Waals surface area contributed by atoms with Gasteiger partial charge in [-0.3, -0.25) is 0 Å². The van der Waals surface area contributed by atoms with E-state index >= 15 is 0 Å². The van der Waals surface area contributed by atoms with Crippen molar-refractivity contribution in [3.8, 4) is 5.88 Å². The summed E-state index contributed by atoms with van der Waals surface area (Å²) in [6.45, 7) is 8.75. The third-order valence-electron chi connectivity index (χ3n) is 4.81. The Hall–Kier alpha value is -2.22. The summed E-state index contributed by atoms with van der Waals surface area (Å²) in [4.78, 5) is 11.0. The molecule has 8 heteroatoms. The number of anilines is 1. The summed E-state index contributed by atoms with van der Waals surface area (Å²) in [5, 5.41) is -0.497. The van der Waals surface area contributed by atoms with Gasteiger partial charge in [0.2, 0.25) is 0 Å². The molecule has 0 amide bonds. The highest BCUT2D eigenvalue weighted by Gasteiger charge is 2.32. The predicted molar refractivity (Wildman–Crippen MR) is 111 cm³/mol. The lowest BCUT2D eigenvalue weighted by Gasteiger charge is -2.34. The average molecular weight is 422 g/mol. The lowest BCUT2D eigenvalue weighted by Crippen LogP contribution is -2.40. The monoisotopic (exact) mass is 421 g/mol. The Morgan fingerprint density at radius 2 is 1.86 bits per heavy atom. The highest BCUT2D eigenvalue weighted by atomic mass is 32.2.